The normalized spacial score (nSPS) is 11.7. The number of nitrogens with zero attached hydrogens (tertiary/aromatic N) is 1. The molecule has 1 unspecified atom stereocenters. The average Bonchev–Trinajstić information content (AvgIpc) is 2.49. The van der Waals surface area contributed by atoms with Crippen LogP contribution in [0.1, 0.15) is 6.92 Å². The summed E-state index contributed by atoms with van der Waals surface area (Å²) in [6.45, 7) is 1.24. The van der Waals surface area contributed by atoms with Crippen LogP contribution in [0.3, 0.4) is 0 Å². The van der Waals surface area contributed by atoms with E-state index in [1.807, 2.05) is 0 Å². The van der Waals surface area contributed by atoms with Gasteiger partial charge in [0.1, 0.15) is 17.5 Å². The molecule has 2 aromatic rings. The summed E-state index contributed by atoms with van der Waals surface area (Å²) in [6.07, 6.45) is -1.30. The molecule has 1 amide bonds. The monoisotopic (exact) mass is 340 g/mol. The third-order valence-electron chi connectivity index (χ3n) is 2.98. The Morgan fingerprint density at radius 3 is 2.42 bits per heavy atom. The van der Waals surface area contributed by atoms with Gasteiger partial charge in [-0.15, -0.1) is 0 Å². The molecule has 126 valence electrons. The Balaban J connectivity index is 2.14. The van der Waals surface area contributed by atoms with Crippen molar-refractivity contribution in [1.82, 2.24) is 0 Å². The second-order valence-corrected chi connectivity index (χ2v) is 4.74. The number of nitro benzene ring substituents is 1. The number of ether oxygens (including phenoxy) is 1. The first kappa shape index (κ1) is 17.3. The molecule has 2 aromatic carbocycles. The van der Waals surface area contributed by atoms with Crippen molar-refractivity contribution in [2.45, 2.75) is 13.0 Å². The summed E-state index contributed by atoms with van der Waals surface area (Å²) in [6, 6.07) is 5.08. The molecule has 6 nitrogen and oxygen atoms in total. The Morgan fingerprint density at radius 2 is 1.79 bits per heavy atom. The molecule has 0 radical (unpaired) electrons. The number of rotatable bonds is 5. The zero-order valence-electron chi connectivity index (χ0n) is 12.3. The maximum atomic E-state index is 13.5. The fraction of sp³-hybridized carbons (Fsp3) is 0.133. The highest BCUT2D eigenvalue weighted by Gasteiger charge is 2.22. The molecular weight excluding hydrogens is 329 g/mol. The predicted molar refractivity (Wildman–Crippen MR) is 78.1 cm³/mol. The second-order valence-electron chi connectivity index (χ2n) is 4.74. The molecule has 0 saturated heterocycles. The molecule has 0 heterocycles. The molecule has 9 heteroatoms. The molecule has 1 N–H and O–H groups in total. The van der Waals surface area contributed by atoms with Crippen molar-refractivity contribution >= 4 is 17.3 Å². The number of nitro groups is 1. The first-order valence-electron chi connectivity index (χ1n) is 6.64. The van der Waals surface area contributed by atoms with Crippen LogP contribution >= 0.6 is 0 Å². The molecule has 0 fully saturated rings. The van der Waals surface area contributed by atoms with Gasteiger partial charge in [0.05, 0.1) is 10.6 Å². The van der Waals surface area contributed by atoms with E-state index in [4.69, 9.17) is 4.74 Å². The van der Waals surface area contributed by atoms with Crippen LogP contribution in [0.15, 0.2) is 36.4 Å². The molecule has 0 bridgehead atoms. The Morgan fingerprint density at radius 1 is 1.17 bits per heavy atom. The Kier molecular flexibility index (Phi) is 5.02. The van der Waals surface area contributed by atoms with Gasteiger partial charge in [-0.1, -0.05) is 0 Å². The van der Waals surface area contributed by atoms with Crippen molar-refractivity contribution in [3.8, 4) is 5.75 Å². The second kappa shape index (κ2) is 6.99. The zero-order chi connectivity index (χ0) is 17.9. The molecule has 0 aliphatic heterocycles. The number of hydrogen-bond donors (Lipinski definition) is 1. The number of hydrogen-bond acceptors (Lipinski definition) is 4. The largest absolute Gasteiger partial charge is 0.474 e. The average molecular weight is 340 g/mol. The summed E-state index contributed by atoms with van der Waals surface area (Å²) in [4.78, 5) is 22.0. The molecule has 0 aliphatic rings. The number of anilines is 1. The van der Waals surface area contributed by atoms with E-state index in [0.717, 1.165) is 30.3 Å². The molecule has 0 aromatic heterocycles. The smallest absolute Gasteiger partial charge is 0.311 e. The third-order valence-corrected chi connectivity index (χ3v) is 2.98. The van der Waals surface area contributed by atoms with E-state index in [2.05, 4.69) is 5.32 Å². The first-order chi connectivity index (χ1) is 11.3. The lowest BCUT2D eigenvalue weighted by Gasteiger charge is -2.15. The van der Waals surface area contributed by atoms with Crippen molar-refractivity contribution in [2.75, 3.05) is 5.32 Å². The van der Waals surface area contributed by atoms with E-state index in [9.17, 15) is 28.1 Å². The molecule has 2 rings (SSSR count). The standard InChI is InChI=1S/C15H11F3N2O4/c1-8(15(21)19-12-4-2-9(16)6-11(12)18)24-14-7-10(17)3-5-13(14)20(22)23/h2-8H,1H3,(H,19,21). The summed E-state index contributed by atoms with van der Waals surface area (Å²) in [5.74, 6) is -3.88. The predicted octanol–water partition coefficient (Wildman–Crippen LogP) is 3.42. The molecule has 0 aliphatic carbocycles. The van der Waals surface area contributed by atoms with Gasteiger partial charge >= 0.3 is 5.69 Å². The quantitative estimate of drug-likeness (QED) is 0.668. The molecule has 24 heavy (non-hydrogen) atoms. The topological polar surface area (TPSA) is 81.5 Å². The maximum absolute atomic E-state index is 13.5. The summed E-state index contributed by atoms with van der Waals surface area (Å²) >= 11 is 0. The SMILES string of the molecule is CC(Oc1cc(F)ccc1[N+](=O)[O-])C(=O)Nc1ccc(F)cc1F. The lowest BCUT2D eigenvalue weighted by atomic mass is 10.2. The van der Waals surface area contributed by atoms with Gasteiger partial charge in [0.2, 0.25) is 5.75 Å². The van der Waals surface area contributed by atoms with Crippen LogP contribution in [0.4, 0.5) is 24.5 Å². The van der Waals surface area contributed by atoms with Crippen LogP contribution in [0, 0.1) is 27.6 Å². The number of halogens is 3. The van der Waals surface area contributed by atoms with Gasteiger partial charge in [0, 0.05) is 18.2 Å². The molecule has 0 saturated carbocycles. The minimum Gasteiger partial charge on any atom is -0.474 e. The summed E-state index contributed by atoms with van der Waals surface area (Å²) in [5.41, 5.74) is -0.811. The lowest BCUT2D eigenvalue weighted by molar-refractivity contribution is -0.386. The molecular formula is C15H11F3N2O4. The minimum atomic E-state index is -1.30. The van der Waals surface area contributed by atoms with Gasteiger partial charge in [-0.3, -0.25) is 14.9 Å². The van der Waals surface area contributed by atoms with Crippen LogP contribution in [-0.2, 0) is 4.79 Å². The molecule has 0 spiro atoms. The van der Waals surface area contributed by atoms with Crippen molar-refractivity contribution in [3.05, 3.63) is 64.0 Å². The van der Waals surface area contributed by atoms with E-state index in [0.29, 0.717) is 6.07 Å². The Labute approximate surface area is 134 Å². The van der Waals surface area contributed by atoms with E-state index in [1.54, 1.807) is 0 Å². The maximum Gasteiger partial charge on any atom is 0.311 e. The fourth-order valence-corrected chi connectivity index (χ4v) is 1.80. The highest BCUT2D eigenvalue weighted by molar-refractivity contribution is 5.94. The van der Waals surface area contributed by atoms with Crippen molar-refractivity contribution in [2.24, 2.45) is 0 Å². The summed E-state index contributed by atoms with van der Waals surface area (Å²) in [7, 11) is 0. The minimum absolute atomic E-state index is 0.286. The van der Waals surface area contributed by atoms with E-state index < -0.39 is 45.8 Å². The molecule has 1 atom stereocenters. The van der Waals surface area contributed by atoms with Crippen molar-refractivity contribution < 1.29 is 27.6 Å². The van der Waals surface area contributed by atoms with E-state index in [-0.39, 0.29) is 5.69 Å². The number of benzene rings is 2. The van der Waals surface area contributed by atoms with Gasteiger partial charge < -0.3 is 10.1 Å². The number of nitrogens with one attached hydrogen (secondary N) is 1. The van der Waals surface area contributed by atoms with Gasteiger partial charge in [-0.05, 0) is 25.1 Å². The Bertz CT molecular complexity index is 798. The van der Waals surface area contributed by atoms with Gasteiger partial charge in [-0.2, -0.15) is 0 Å². The zero-order valence-corrected chi connectivity index (χ0v) is 12.3. The first-order valence-corrected chi connectivity index (χ1v) is 6.64. The van der Waals surface area contributed by atoms with E-state index in [1.165, 1.54) is 6.92 Å². The number of carbonyl (C=O) groups is 1. The van der Waals surface area contributed by atoms with Gasteiger partial charge in [-0.25, -0.2) is 13.2 Å². The number of amides is 1. The number of carbonyl (C=O) groups excluding carboxylic acids is 1. The van der Waals surface area contributed by atoms with Crippen LogP contribution in [-0.4, -0.2) is 16.9 Å². The van der Waals surface area contributed by atoms with Gasteiger partial charge in [0.25, 0.3) is 5.91 Å². The van der Waals surface area contributed by atoms with Gasteiger partial charge in [0.15, 0.2) is 6.10 Å². The fourth-order valence-electron chi connectivity index (χ4n) is 1.80. The third kappa shape index (κ3) is 4.00. The van der Waals surface area contributed by atoms with Crippen LogP contribution in [0.25, 0.3) is 0 Å². The van der Waals surface area contributed by atoms with Crippen molar-refractivity contribution in [1.29, 1.82) is 0 Å². The van der Waals surface area contributed by atoms with Crippen LogP contribution in [0.5, 0.6) is 5.75 Å². The lowest BCUT2D eigenvalue weighted by Crippen LogP contribution is -2.30. The van der Waals surface area contributed by atoms with Crippen molar-refractivity contribution in [3.63, 3.8) is 0 Å². The van der Waals surface area contributed by atoms with Crippen LogP contribution < -0.4 is 10.1 Å². The summed E-state index contributed by atoms with van der Waals surface area (Å²) in [5, 5.41) is 13.0. The highest BCUT2D eigenvalue weighted by atomic mass is 19.1. The van der Waals surface area contributed by atoms with Crippen LogP contribution in [0.2, 0.25) is 0 Å². The summed E-state index contributed by atoms with van der Waals surface area (Å²) < 4.78 is 44.6. The Hall–Kier alpha value is -3.10. The highest BCUT2D eigenvalue weighted by Crippen LogP contribution is 2.28. The van der Waals surface area contributed by atoms with E-state index >= 15 is 0 Å².